The second kappa shape index (κ2) is 6.18. The number of fused-ring (bicyclic) bond motifs is 1. The van der Waals surface area contributed by atoms with Gasteiger partial charge in [0.25, 0.3) is 5.91 Å². The van der Waals surface area contributed by atoms with Gasteiger partial charge in [-0.2, -0.15) is 0 Å². The number of nitrogens with zero attached hydrogens (tertiary/aromatic N) is 1. The first-order valence-electron chi connectivity index (χ1n) is 7.89. The van der Waals surface area contributed by atoms with Crippen LogP contribution in [0.15, 0.2) is 42.5 Å². The number of hydrogen-bond donors (Lipinski definition) is 2. The summed E-state index contributed by atoms with van der Waals surface area (Å²) in [5.41, 5.74) is -0.0222. The van der Waals surface area contributed by atoms with Crippen molar-refractivity contribution >= 4 is 23.5 Å². The van der Waals surface area contributed by atoms with Gasteiger partial charge in [0.2, 0.25) is 0 Å². The molecule has 0 aromatic heterocycles. The molecule has 1 aliphatic heterocycles. The van der Waals surface area contributed by atoms with Gasteiger partial charge in [-0.25, -0.2) is 9.59 Å². The molecule has 0 atom stereocenters. The van der Waals surface area contributed by atoms with Gasteiger partial charge in [-0.05, 0) is 49.7 Å². The number of benzene rings is 2. The van der Waals surface area contributed by atoms with Gasteiger partial charge in [0.15, 0.2) is 5.60 Å². The molecule has 2 aromatic rings. The zero-order valence-electron chi connectivity index (χ0n) is 14.2. The highest BCUT2D eigenvalue weighted by Crippen LogP contribution is 2.39. The van der Waals surface area contributed by atoms with Crippen molar-refractivity contribution in [2.75, 3.05) is 4.90 Å². The van der Waals surface area contributed by atoms with E-state index in [9.17, 15) is 19.5 Å². The van der Waals surface area contributed by atoms with Gasteiger partial charge in [0, 0.05) is 0 Å². The Bertz CT molecular complexity index is 918. The number of anilines is 1. The average Bonchev–Trinajstić information content (AvgIpc) is 2.58. The Morgan fingerprint density at radius 3 is 2.35 bits per heavy atom. The second-order valence-electron chi connectivity index (χ2n) is 6.50. The van der Waals surface area contributed by atoms with Gasteiger partial charge in [0.1, 0.15) is 5.75 Å². The molecule has 0 bridgehead atoms. The van der Waals surface area contributed by atoms with E-state index < -0.39 is 17.5 Å². The van der Waals surface area contributed by atoms with Crippen molar-refractivity contribution in [3.05, 3.63) is 59.2 Å². The number of aromatic carboxylic acids is 2. The molecule has 0 unspecified atom stereocenters. The molecule has 0 aliphatic carbocycles. The Morgan fingerprint density at radius 1 is 1.04 bits per heavy atom. The van der Waals surface area contributed by atoms with Crippen LogP contribution in [0.5, 0.6) is 5.75 Å². The molecule has 0 fully saturated rings. The van der Waals surface area contributed by atoms with Crippen LogP contribution < -0.4 is 9.64 Å². The summed E-state index contributed by atoms with van der Waals surface area (Å²) in [5, 5.41) is 18.4. The van der Waals surface area contributed by atoms with E-state index in [0.717, 1.165) is 0 Å². The minimum Gasteiger partial charge on any atom is -0.478 e. The van der Waals surface area contributed by atoms with E-state index in [2.05, 4.69) is 0 Å². The lowest BCUT2D eigenvalue weighted by molar-refractivity contribution is -0.132. The first kappa shape index (κ1) is 17.5. The topological polar surface area (TPSA) is 104 Å². The number of ether oxygens (including phenoxy) is 1. The van der Waals surface area contributed by atoms with Crippen LogP contribution in [0, 0.1) is 0 Å². The van der Waals surface area contributed by atoms with Crippen LogP contribution in [0.3, 0.4) is 0 Å². The number of carbonyl (C=O) groups is 3. The third kappa shape index (κ3) is 3.11. The first-order chi connectivity index (χ1) is 12.2. The summed E-state index contributed by atoms with van der Waals surface area (Å²) in [4.78, 5) is 36.7. The quantitative estimate of drug-likeness (QED) is 0.874. The van der Waals surface area contributed by atoms with Crippen LogP contribution in [0.4, 0.5) is 5.69 Å². The summed E-state index contributed by atoms with van der Waals surface area (Å²) in [7, 11) is 0. The molecule has 0 radical (unpaired) electrons. The Kier molecular flexibility index (Phi) is 4.15. The van der Waals surface area contributed by atoms with Crippen molar-refractivity contribution in [1.82, 2.24) is 0 Å². The highest BCUT2D eigenvalue weighted by atomic mass is 16.5. The van der Waals surface area contributed by atoms with Crippen molar-refractivity contribution in [3.63, 3.8) is 0 Å². The lowest BCUT2D eigenvalue weighted by Gasteiger charge is -2.39. The summed E-state index contributed by atoms with van der Waals surface area (Å²) in [6, 6.07) is 10.6. The molecule has 1 heterocycles. The van der Waals surface area contributed by atoms with Gasteiger partial charge in [-0.3, -0.25) is 4.79 Å². The largest absolute Gasteiger partial charge is 0.478 e. The van der Waals surface area contributed by atoms with Crippen molar-refractivity contribution in [2.24, 2.45) is 0 Å². The van der Waals surface area contributed by atoms with Crippen molar-refractivity contribution in [2.45, 2.75) is 26.0 Å². The van der Waals surface area contributed by atoms with E-state index >= 15 is 0 Å². The number of carboxylic acid groups (broad SMARTS) is 2. The highest BCUT2D eigenvalue weighted by Gasteiger charge is 2.41. The van der Waals surface area contributed by atoms with E-state index in [4.69, 9.17) is 9.84 Å². The van der Waals surface area contributed by atoms with E-state index in [-0.39, 0.29) is 23.6 Å². The third-order valence-electron chi connectivity index (χ3n) is 4.14. The average molecular weight is 355 g/mol. The molecule has 1 aliphatic rings. The maximum absolute atomic E-state index is 12.9. The van der Waals surface area contributed by atoms with Crippen molar-refractivity contribution in [3.8, 4) is 5.75 Å². The van der Waals surface area contributed by atoms with Gasteiger partial charge in [-0.15, -0.1) is 0 Å². The number of carbonyl (C=O) groups excluding carboxylic acids is 1. The highest BCUT2D eigenvalue weighted by molar-refractivity contribution is 6.03. The fourth-order valence-electron chi connectivity index (χ4n) is 2.84. The zero-order chi connectivity index (χ0) is 19.1. The summed E-state index contributed by atoms with van der Waals surface area (Å²) in [6.45, 7) is 3.36. The minimum absolute atomic E-state index is 0.0316. The predicted octanol–water partition coefficient (Wildman–Crippen LogP) is 2.79. The Labute approximate surface area is 149 Å². The standard InChI is InChI=1S/C19H17NO6/c1-19(2)18(25)20(10-11-4-3-5-12(8-11)16(21)22)14-9-13(17(23)24)6-7-15(14)26-19/h3-9H,10H2,1-2H3,(H,21,22)(H,23,24). The molecule has 134 valence electrons. The zero-order valence-corrected chi connectivity index (χ0v) is 14.2. The van der Waals surface area contributed by atoms with Gasteiger partial charge >= 0.3 is 11.9 Å². The van der Waals surface area contributed by atoms with Crippen LogP contribution in [0.25, 0.3) is 0 Å². The lowest BCUT2D eigenvalue weighted by Crippen LogP contribution is -2.52. The van der Waals surface area contributed by atoms with Crippen LogP contribution in [-0.2, 0) is 11.3 Å². The fourth-order valence-corrected chi connectivity index (χ4v) is 2.84. The number of carboxylic acids is 2. The Hall–Kier alpha value is -3.35. The molecule has 0 spiro atoms. The Balaban J connectivity index is 2.06. The summed E-state index contributed by atoms with van der Waals surface area (Å²) < 4.78 is 5.72. The van der Waals surface area contributed by atoms with Crippen molar-refractivity contribution in [1.29, 1.82) is 0 Å². The molecule has 3 rings (SSSR count). The summed E-state index contributed by atoms with van der Waals surface area (Å²) in [6.07, 6.45) is 0. The fraction of sp³-hybridized carbons (Fsp3) is 0.211. The summed E-state index contributed by atoms with van der Waals surface area (Å²) in [5.74, 6) is -2.12. The van der Waals surface area contributed by atoms with E-state index in [1.54, 1.807) is 26.0 Å². The minimum atomic E-state index is -1.12. The monoisotopic (exact) mass is 355 g/mol. The number of amides is 1. The van der Waals surface area contributed by atoms with Gasteiger partial charge < -0.3 is 19.8 Å². The molecule has 1 amide bonds. The third-order valence-corrected chi connectivity index (χ3v) is 4.14. The molecule has 26 heavy (non-hydrogen) atoms. The molecule has 0 saturated carbocycles. The Morgan fingerprint density at radius 2 is 1.69 bits per heavy atom. The van der Waals surface area contributed by atoms with E-state index in [0.29, 0.717) is 17.0 Å². The van der Waals surface area contributed by atoms with E-state index in [1.165, 1.54) is 35.2 Å². The van der Waals surface area contributed by atoms with Crippen molar-refractivity contribution < 1.29 is 29.3 Å². The normalized spacial score (nSPS) is 15.2. The van der Waals surface area contributed by atoms with Gasteiger partial charge in [-0.1, -0.05) is 12.1 Å². The van der Waals surface area contributed by atoms with Crippen LogP contribution >= 0.6 is 0 Å². The van der Waals surface area contributed by atoms with Crippen LogP contribution in [-0.4, -0.2) is 33.7 Å². The lowest BCUT2D eigenvalue weighted by atomic mass is 10.0. The number of hydrogen-bond acceptors (Lipinski definition) is 4. The number of rotatable bonds is 4. The second-order valence-corrected chi connectivity index (χ2v) is 6.50. The smallest absolute Gasteiger partial charge is 0.335 e. The summed E-state index contributed by atoms with van der Waals surface area (Å²) >= 11 is 0. The molecule has 0 saturated heterocycles. The van der Waals surface area contributed by atoms with Crippen LogP contribution in [0.1, 0.15) is 40.1 Å². The maximum atomic E-state index is 12.9. The molecular formula is C19H17NO6. The van der Waals surface area contributed by atoms with Gasteiger partial charge in [0.05, 0.1) is 23.4 Å². The molecule has 7 nitrogen and oxygen atoms in total. The van der Waals surface area contributed by atoms with E-state index in [1.807, 2.05) is 0 Å². The first-order valence-corrected chi connectivity index (χ1v) is 7.89. The molecule has 2 N–H and O–H groups in total. The molecule has 7 heteroatoms. The maximum Gasteiger partial charge on any atom is 0.335 e. The molecular weight excluding hydrogens is 338 g/mol. The molecule has 2 aromatic carbocycles. The SMILES string of the molecule is CC1(C)Oc2ccc(C(=O)O)cc2N(Cc2cccc(C(=O)O)c2)C1=O. The predicted molar refractivity (Wildman–Crippen MR) is 92.7 cm³/mol. The van der Waals surface area contributed by atoms with Crippen LogP contribution in [0.2, 0.25) is 0 Å².